The lowest BCUT2D eigenvalue weighted by Gasteiger charge is -2.20. The van der Waals surface area contributed by atoms with Crippen molar-refractivity contribution < 1.29 is 19.1 Å². The van der Waals surface area contributed by atoms with Crippen LogP contribution in [0.3, 0.4) is 0 Å². The van der Waals surface area contributed by atoms with Gasteiger partial charge in [0.15, 0.2) is 5.75 Å². The predicted octanol–water partition coefficient (Wildman–Crippen LogP) is 6.29. The number of aryl methyl sites for hydroxylation is 2. The zero-order chi connectivity index (χ0) is 22.2. The van der Waals surface area contributed by atoms with Gasteiger partial charge in [0, 0.05) is 24.6 Å². The Kier molecular flexibility index (Phi) is 6.62. The highest BCUT2D eigenvalue weighted by Gasteiger charge is 2.25. The van der Waals surface area contributed by atoms with E-state index < -0.39 is 5.97 Å². The van der Waals surface area contributed by atoms with E-state index >= 15 is 0 Å². The lowest BCUT2D eigenvalue weighted by atomic mass is 10.0. The van der Waals surface area contributed by atoms with Crippen molar-refractivity contribution in [3.63, 3.8) is 0 Å². The number of carbonyl (C=O) groups excluding carboxylic acids is 2. The molecule has 3 aromatic rings. The van der Waals surface area contributed by atoms with Gasteiger partial charge in [0.1, 0.15) is 16.3 Å². The van der Waals surface area contributed by atoms with Crippen molar-refractivity contribution in [3.05, 3.63) is 67.2 Å². The Labute approximate surface area is 192 Å². The molecule has 5 rings (SSSR count). The fourth-order valence-electron chi connectivity index (χ4n) is 2.71. The molecule has 10 heteroatoms. The Balaban J connectivity index is 0.000000234. The summed E-state index contributed by atoms with van der Waals surface area (Å²) in [5.74, 6) is 0.510. The van der Waals surface area contributed by atoms with E-state index in [2.05, 4.69) is 5.10 Å². The molecule has 156 valence electrons. The standard InChI is InChI=1S/C14H12Cl2N2O3.C6H2Cl2O/c1-7-12(14(18(3)17-7)21-8(2)19)13(20)10-5-4-9(15)6-11(10)16;7-3-1-2-4-5(8)6(3)9-4/h4-6H,1-3H3;1-2H. The van der Waals surface area contributed by atoms with Crippen molar-refractivity contribution in [3.8, 4) is 17.4 Å². The first-order valence-corrected chi connectivity index (χ1v) is 9.99. The van der Waals surface area contributed by atoms with E-state index in [0.29, 0.717) is 26.5 Å². The molecule has 0 unspecified atom stereocenters. The second kappa shape index (κ2) is 8.86. The Morgan fingerprint density at radius 2 is 1.77 bits per heavy atom. The van der Waals surface area contributed by atoms with Crippen molar-refractivity contribution in [2.45, 2.75) is 13.8 Å². The van der Waals surface area contributed by atoms with E-state index in [0.717, 1.165) is 5.75 Å². The minimum atomic E-state index is -0.533. The van der Waals surface area contributed by atoms with Crippen LogP contribution in [0.2, 0.25) is 20.1 Å². The molecule has 30 heavy (non-hydrogen) atoms. The van der Waals surface area contributed by atoms with Gasteiger partial charge in [0.2, 0.25) is 11.7 Å². The van der Waals surface area contributed by atoms with Crippen molar-refractivity contribution in [2.75, 3.05) is 0 Å². The van der Waals surface area contributed by atoms with Crippen molar-refractivity contribution >= 4 is 58.2 Å². The molecule has 3 heterocycles. The SMILES string of the molecule is CC(=O)Oc1c(C(=O)c2ccc(Cl)cc2Cl)c(C)nn1C.Clc1ccc2c(Cl)c1O2. The molecule has 2 aromatic carbocycles. The number of esters is 1. The van der Waals surface area contributed by atoms with Gasteiger partial charge in [-0.3, -0.25) is 9.59 Å². The van der Waals surface area contributed by atoms with Crippen molar-refractivity contribution in [2.24, 2.45) is 7.05 Å². The third-order valence-corrected chi connectivity index (χ3v) is 5.24. The molecule has 0 fully saturated rings. The third kappa shape index (κ3) is 4.42. The van der Waals surface area contributed by atoms with Gasteiger partial charge in [-0.25, -0.2) is 4.68 Å². The summed E-state index contributed by atoms with van der Waals surface area (Å²) in [5, 5.41) is 5.98. The Hall–Kier alpha value is -2.25. The average molecular weight is 488 g/mol. The van der Waals surface area contributed by atoms with Crippen LogP contribution < -0.4 is 9.47 Å². The second-order valence-electron chi connectivity index (χ2n) is 6.23. The van der Waals surface area contributed by atoms with E-state index in [9.17, 15) is 9.59 Å². The highest BCUT2D eigenvalue weighted by Crippen LogP contribution is 2.50. The van der Waals surface area contributed by atoms with E-state index in [1.807, 2.05) is 0 Å². The van der Waals surface area contributed by atoms with Gasteiger partial charge in [0.05, 0.1) is 15.7 Å². The number of hydrogen-bond acceptors (Lipinski definition) is 5. The topological polar surface area (TPSA) is 70.4 Å². The maximum Gasteiger partial charge on any atom is 0.309 e. The van der Waals surface area contributed by atoms with Crippen LogP contribution in [0.4, 0.5) is 0 Å². The third-order valence-electron chi connectivity index (χ3n) is 4.04. The summed E-state index contributed by atoms with van der Waals surface area (Å²) in [5.41, 5.74) is 0.923. The zero-order valence-corrected chi connectivity index (χ0v) is 18.9. The van der Waals surface area contributed by atoms with Crippen LogP contribution in [0.25, 0.3) is 0 Å². The molecule has 2 aliphatic heterocycles. The maximum atomic E-state index is 12.6. The van der Waals surface area contributed by atoms with Crippen LogP contribution in [-0.2, 0) is 11.8 Å². The summed E-state index contributed by atoms with van der Waals surface area (Å²) < 4.78 is 11.4. The van der Waals surface area contributed by atoms with Crippen LogP contribution in [0.5, 0.6) is 17.4 Å². The van der Waals surface area contributed by atoms with Crippen molar-refractivity contribution in [1.29, 1.82) is 0 Å². The summed E-state index contributed by atoms with van der Waals surface area (Å²) in [6.07, 6.45) is 0. The summed E-state index contributed by atoms with van der Waals surface area (Å²) in [6.45, 7) is 2.91. The van der Waals surface area contributed by atoms with Crippen LogP contribution in [0.15, 0.2) is 30.3 Å². The lowest BCUT2D eigenvalue weighted by molar-refractivity contribution is -0.132. The Bertz CT molecular complexity index is 1170. The van der Waals surface area contributed by atoms with Gasteiger partial charge in [0.25, 0.3) is 0 Å². The molecule has 2 bridgehead atoms. The van der Waals surface area contributed by atoms with E-state index in [4.69, 9.17) is 55.9 Å². The summed E-state index contributed by atoms with van der Waals surface area (Å²) in [7, 11) is 1.59. The molecule has 0 aliphatic carbocycles. The molecule has 0 atom stereocenters. The number of nitrogens with zero attached hydrogens (tertiary/aromatic N) is 2. The Morgan fingerprint density at radius 3 is 2.27 bits per heavy atom. The lowest BCUT2D eigenvalue weighted by Crippen LogP contribution is -2.11. The first-order chi connectivity index (χ1) is 14.1. The summed E-state index contributed by atoms with van der Waals surface area (Å²) >= 11 is 23.2. The number of ketones is 1. The second-order valence-corrected chi connectivity index (χ2v) is 7.86. The average Bonchev–Trinajstić information content (AvgIpc) is 2.93. The van der Waals surface area contributed by atoms with Crippen LogP contribution >= 0.6 is 46.4 Å². The summed E-state index contributed by atoms with van der Waals surface area (Å²) in [4.78, 5) is 23.8. The molecule has 0 saturated heterocycles. The summed E-state index contributed by atoms with van der Waals surface area (Å²) in [6, 6.07) is 8.09. The first-order valence-electron chi connectivity index (χ1n) is 8.47. The first kappa shape index (κ1) is 22.4. The van der Waals surface area contributed by atoms with E-state index in [1.54, 1.807) is 32.2 Å². The smallest absolute Gasteiger partial charge is 0.309 e. The van der Waals surface area contributed by atoms with Gasteiger partial charge < -0.3 is 9.47 Å². The van der Waals surface area contributed by atoms with Gasteiger partial charge in [-0.05, 0) is 37.3 Å². The molecule has 0 amide bonds. The molecule has 0 spiro atoms. The van der Waals surface area contributed by atoms with Crippen LogP contribution in [-0.4, -0.2) is 21.5 Å². The fraction of sp³-hybridized carbons (Fsp3) is 0.150. The molecular formula is C20H14Cl4N2O4. The quantitative estimate of drug-likeness (QED) is 0.251. The molecule has 0 radical (unpaired) electrons. The molecule has 0 saturated carbocycles. The number of hydrogen-bond donors (Lipinski definition) is 0. The highest BCUT2D eigenvalue weighted by molar-refractivity contribution is 6.39. The predicted molar refractivity (Wildman–Crippen MR) is 116 cm³/mol. The molecule has 2 aliphatic rings. The number of rotatable bonds is 3. The minimum Gasteiger partial charge on any atom is -0.452 e. The highest BCUT2D eigenvalue weighted by atomic mass is 35.5. The van der Waals surface area contributed by atoms with E-state index in [-0.39, 0.29) is 27.8 Å². The minimum absolute atomic E-state index is 0.0935. The van der Waals surface area contributed by atoms with Crippen LogP contribution in [0, 0.1) is 6.92 Å². The molecular weight excluding hydrogens is 474 g/mol. The molecule has 0 N–H and O–H groups in total. The van der Waals surface area contributed by atoms with Crippen LogP contribution in [0.1, 0.15) is 28.5 Å². The monoisotopic (exact) mass is 486 g/mol. The number of carbonyl (C=O) groups is 2. The number of aromatic nitrogens is 2. The number of ether oxygens (including phenoxy) is 2. The van der Waals surface area contributed by atoms with Gasteiger partial charge in [-0.2, -0.15) is 5.10 Å². The number of benzene rings is 2. The fourth-order valence-corrected chi connectivity index (χ4v) is 3.69. The number of fused-ring (bicyclic) bond motifs is 2. The normalized spacial score (nSPS) is 11.0. The zero-order valence-electron chi connectivity index (χ0n) is 15.9. The van der Waals surface area contributed by atoms with Gasteiger partial charge in [-0.15, -0.1) is 0 Å². The largest absolute Gasteiger partial charge is 0.452 e. The molecule has 6 nitrogen and oxygen atoms in total. The maximum absolute atomic E-state index is 12.6. The van der Waals surface area contributed by atoms with Gasteiger partial charge in [-0.1, -0.05) is 46.4 Å². The van der Waals surface area contributed by atoms with Crippen molar-refractivity contribution in [1.82, 2.24) is 9.78 Å². The Morgan fingerprint density at radius 1 is 1.07 bits per heavy atom. The number of halogens is 4. The molecule has 1 aromatic heterocycles. The van der Waals surface area contributed by atoms with Gasteiger partial charge >= 0.3 is 5.97 Å². The van der Waals surface area contributed by atoms with E-state index in [1.165, 1.54) is 23.7 Å².